The summed E-state index contributed by atoms with van der Waals surface area (Å²) in [5, 5.41) is 9.17. The number of carbonyl (C=O) groups is 1. The molecule has 0 saturated heterocycles. The lowest BCUT2D eigenvalue weighted by atomic mass is 10.2. The Morgan fingerprint density at radius 2 is 1.57 bits per heavy atom. The summed E-state index contributed by atoms with van der Waals surface area (Å²) in [5.41, 5.74) is 1.96. The first-order valence-corrected chi connectivity index (χ1v) is 9.74. The second-order valence-electron chi connectivity index (χ2n) is 6.18. The Morgan fingerprint density at radius 1 is 0.800 bits per heavy atom. The molecule has 0 aliphatic carbocycles. The predicted molar refractivity (Wildman–Crippen MR) is 119 cm³/mol. The molecule has 1 amide bonds. The maximum atomic E-state index is 12.3. The van der Waals surface area contributed by atoms with Crippen LogP contribution in [0.2, 0.25) is 0 Å². The van der Waals surface area contributed by atoms with E-state index < -0.39 is 0 Å². The Bertz CT molecular complexity index is 1150. The van der Waals surface area contributed by atoms with Gasteiger partial charge in [-0.3, -0.25) is 9.78 Å². The quantitative estimate of drug-likeness (QED) is 0.379. The monoisotopic (exact) mass is 461 g/mol. The average molecular weight is 462 g/mol. The van der Waals surface area contributed by atoms with Gasteiger partial charge in [-0.15, -0.1) is 0 Å². The molecule has 148 valence electrons. The highest BCUT2D eigenvalue weighted by Crippen LogP contribution is 2.20. The minimum atomic E-state index is -0.231. The number of carbonyl (C=O) groups excluding carboxylic acids is 1. The summed E-state index contributed by atoms with van der Waals surface area (Å²) in [7, 11) is 0. The van der Waals surface area contributed by atoms with E-state index in [1.807, 2.05) is 30.3 Å². The molecule has 9 heteroatoms. The second kappa shape index (κ2) is 9.10. The summed E-state index contributed by atoms with van der Waals surface area (Å²) in [5.74, 6) is 1.71. The molecule has 0 atom stereocenters. The van der Waals surface area contributed by atoms with Crippen LogP contribution in [0, 0.1) is 0 Å². The van der Waals surface area contributed by atoms with Gasteiger partial charge in [0.05, 0.1) is 5.56 Å². The molecule has 0 bridgehead atoms. The van der Waals surface area contributed by atoms with E-state index in [2.05, 4.69) is 51.8 Å². The van der Waals surface area contributed by atoms with E-state index in [-0.39, 0.29) is 5.91 Å². The van der Waals surface area contributed by atoms with Crippen molar-refractivity contribution in [3.05, 3.63) is 89.6 Å². The first-order valence-electron chi connectivity index (χ1n) is 8.95. The van der Waals surface area contributed by atoms with E-state index in [1.54, 1.807) is 36.7 Å². The number of nitrogens with one attached hydrogen (secondary N) is 3. The van der Waals surface area contributed by atoms with Crippen molar-refractivity contribution in [2.45, 2.75) is 0 Å². The molecule has 0 fully saturated rings. The van der Waals surface area contributed by atoms with Crippen molar-refractivity contribution in [3.8, 4) is 0 Å². The number of amides is 1. The lowest BCUT2D eigenvalue weighted by Crippen LogP contribution is -2.12. The van der Waals surface area contributed by atoms with Crippen LogP contribution >= 0.6 is 15.9 Å². The van der Waals surface area contributed by atoms with Crippen LogP contribution in [0.1, 0.15) is 10.4 Å². The number of aromatic nitrogens is 4. The van der Waals surface area contributed by atoms with Crippen LogP contribution in [0.15, 0.2) is 84.0 Å². The summed E-state index contributed by atoms with van der Waals surface area (Å²) >= 11 is 3.31. The first kappa shape index (κ1) is 19.5. The standard InChI is InChI=1S/C21H16BrN7O/c22-15-9-14(11-23-12-15)21(30)28-17-6-4-16(5-7-17)27-19-10-20(26-13-25-19)29-18-3-1-2-8-24-18/h1-13H,(H,28,30)(H2,24,25,26,27,29). The predicted octanol–water partition coefficient (Wildman–Crippen LogP) is 4.77. The Labute approximate surface area is 181 Å². The lowest BCUT2D eigenvalue weighted by Gasteiger charge is -2.09. The molecule has 3 heterocycles. The van der Waals surface area contributed by atoms with Gasteiger partial charge in [-0.2, -0.15) is 0 Å². The number of rotatable bonds is 6. The molecule has 3 N–H and O–H groups in total. The number of nitrogens with zero attached hydrogens (tertiary/aromatic N) is 4. The highest BCUT2D eigenvalue weighted by molar-refractivity contribution is 9.10. The van der Waals surface area contributed by atoms with Gasteiger partial charge in [-0.1, -0.05) is 6.07 Å². The van der Waals surface area contributed by atoms with Crippen molar-refractivity contribution in [3.63, 3.8) is 0 Å². The van der Waals surface area contributed by atoms with Gasteiger partial charge in [-0.05, 0) is 58.4 Å². The van der Waals surface area contributed by atoms with Gasteiger partial charge in [-0.25, -0.2) is 15.0 Å². The van der Waals surface area contributed by atoms with Gasteiger partial charge in [0.1, 0.15) is 23.8 Å². The molecule has 1 aromatic carbocycles. The van der Waals surface area contributed by atoms with Crippen molar-refractivity contribution in [1.29, 1.82) is 0 Å². The van der Waals surface area contributed by atoms with Gasteiger partial charge >= 0.3 is 0 Å². The lowest BCUT2D eigenvalue weighted by molar-refractivity contribution is 0.102. The number of hydrogen-bond donors (Lipinski definition) is 3. The second-order valence-corrected chi connectivity index (χ2v) is 7.09. The van der Waals surface area contributed by atoms with Crippen LogP contribution in [0.3, 0.4) is 0 Å². The SMILES string of the molecule is O=C(Nc1ccc(Nc2cc(Nc3ccccn3)ncn2)cc1)c1cncc(Br)c1. The fraction of sp³-hybridized carbons (Fsp3) is 0. The molecule has 4 rings (SSSR count). The van der Waals surface area contributed by atoms with E-state index in [9.17, 15) is 4.79 Å². The number of pyridine rings is 2. The Hall–Kier alpha value is -3.85. The van der Waals surface area contributed by atoms with Gasteiger partial charge < -0.3 is 16.0 Å². The van der Waals surface area contributed by atoms with Crippen LogP contribution < -0.4 is 16.0 Å². The van der Waals surface area contributed by atoms with Gasteiger partial charge in [0.2, 0.25) is 0 Å². The third kappa shape index (κ3) is 5.15. The maximum absolute atomic E-state index is 12.3. The molecule has 0 aliphatic rings. The molecule has 3 aromatic heterocycles. The summed E-state index contributed by atoms with van der Waals surface area (Å²) in [6.45, 7) is 0. The molecule has 8 nitrogen and oxygen atoms in total. The molecule has 0 saturated carbocycles. The number of halogens is 1. The minimum absolute atomic E-state index is 0.231. The smallest absolute Gasteiger partial charge is 0.257 e. The molecule has 0 radical (unpaired) electrons. The Balaban J connectivity index is 1.40. The van der Waals surface area contributed by atoms with Crippen LogP contribution in [-0.2, 0) is 0 Å². The number of anilines is 5. The van der Waals surface area contributed by atoms with Crippen LogP contribution in [0.5, 0.6) is 0 Å². The van der Waals surface area contributed by atoms with E-state index in [1.165, 1.54) is 12.5 Å². The van der Waals surface area contributed by atoms with E-state index in [4.69, 9.17) is 0 Å². The van der Waals surface area contributed by atoms with Crippen molar-refractivity contribution in [1.82, 2.24) is 19.9 Å². The van der Waals surface area contributed by atoms with Crippen molar-refractivity contribution >= 4 is 50.7 Å². The molecule has 30 heavy (non-hydrogen) atoms. The highest BCUT2D eigenvalue weighted by atomic mass is 79.9. The first-order chi connectivity index (χ1) is 14.7. The summed E-state index contributed by atoms with van der Waals surface area (Å²) in [6.07, 6.45) is 6.31. The Kier molecular flexibility index (Phi) is 5.90. The molecule has 0 unspecified atom stereocenters. The van der Waals surface area contributed by atoms with Crippen LogP contribution in [0.25, 0.3) is 0 Å². The number of hydrogen-bond acceptors (Lipinski definition) is 7. The fourth-order valence-corrected chi connectivity index (χ4v) is 2.95. The third-order valence-corrected chi connectivity index (χ3v) is 4.40. The van der Waals surface area contributed by atoms with E-state index >= 15 is 0 Å². The van der Waals surface area contributed by atoms with Crippen LogP contribution in [-0.4, -0.2) is 25.8 Å². The van der Waals surface area contributed by atoms with Crippen LogP contribution in [0.4, 0.5) is 28.8 Å². The average Bonchev–Trinajstić information content (AvgIpc) is 2.76. The zero-order valence-corrected chi connectivity index (χ0v) is 17.2. The normalized spacial score (nSPS) is 10.3. The van der Waals surface area contributed by atoms with Crippen molar-refractivity contribution in [2.75, 3.05) is 16.0 Å². The molecule has 0 spiro atoms. The zero-order valence-electron chi connectivity index (χ0n) is 15.6. The summed E-state index contributed by atoms with van der Waals surface area (Å²) in [4.78, 5) is 29.0. The maximum Gasteiger partial charge on any atom is 0.257 e. The van der Waals surface area contributed by atoms with Crippen molar-refractivity contribution < 1.29 is 4.79 Å². The molecule has 4 aromatic rings. The third-order valence-electron chi connectivity index (χ3n) is 3.97. The largest absolute Gasteiger partial charge is 0.340 e. The summed E-state index contributed by atoms with van der Waals surface area (Å²) < 4.78 is 0.747. The highest BCUT2D eigenvalue weighted by Gasteiger charge is 2.07. The van der Waals surface area contributed by atoms with Gasteiger partial charge in [0.15, 0.2) is 0 Å². The van der Waals surface area contributed by atoms with Gasteiger partial charge in [0.25, 0.3) is 5.91 Å². The van der Waals surface area contributed by atoms with Crippen molar-refractivity contribution in [2.24, 2.45) is 0 Å². The molecular weight excluding hydrogens is 446 g/mol. The fourth-order valence-electron chi connectivity index (χ4n) is 2.59. The van der Waals surface area contributed by atoms with E-state index in [0.717, 1.165) is 10.2 Å². The Morgan fingerprint density at radius 3 is 2.30 bits per heavy atom. The zero-order chi connectivity index (χ0) is 20.8. The summed E-state index contributed by atoms with van der Waals surface area (Å²) in [6, 6.07) is 16.4. The van der Waals surface area contributed by atoms with Gasteiger partial charge in [0, 0.05) is 40.5 Å². The topological polar surface area (TPSA) is 105 Å². The van der Waals surface area contributed by atoms with E-state index in [0.29, 0.717) is 28.7 Å². The minimum Gasteiger partial charge on any atom is -0.340 e. The molecular formula is C21H16BrN7O. The molecule has 0 aliphatic heterocycles. The number of benzene rings is 1.